The number of thioether (sulfide) groups is 1. The van der Waals surface area contributed by atoms with Gasteiger partial charge in [0.1, 0.15) is 18.6 Å². The van der Waals surface area contributed by atoms with Gasteiger partial charge in [-0.25, -0.2) is 0 Å². The molecule has 0 saturated heterocycles. The SMILES string of the molecule is [2H]C([2H])([2H])C([2H])([2H])CCC/C=C\C\C=C/C=C/C=C/[C@@H](SCC(NC(=O)CCC(N)C(=O)O)C(=O)NCC(=O)O)[C@@H](O)CCCC(=O)OC. The van der Waals surface area contributed by atoms with Crippen molar-refractivity contribution >= 4 is 41.5 Å². The summed E-state index contributed by atoms with van der Waals surface area (Å²) in [5, 5.41) is 32.8. The summed E-state index contributed by atoms with van der Waals surface area (Å²) in [6, 6.07) is -2.50. The van der Waals surface area contributed by atoms with Gasteiger partial charge in [-0.15, -0.1) is 11.8 Å². The second kappa shape index (κ2) is 26.0. The summed E-state index contributed by atoms with van der Waals surface area (Å²) in [5.41, 5.74) is 5.44. The van der Waals surface area contributed by atoms with Crippen molar-refractivity contribution < 1.29 is 50.9 Å². The Kier molecular flexibility index (Phi) is 18.9. The quantitative estimate of drug-likeness (QED) is 0.0369. The summed E-state index contributed by atoms with van der Waals surface area (Å²) in [7, 11) is 1.25. The molecule has 0 saturated carbocycles. The number of unbranched alkanes of at least 4 members (excludes halogenated alkanes) is 1. The van der Waals surface area contributed by atoms with Gasteiger partial charge >= 0.3 is 17.9 Å². The van der Waals surface area contributed by atoms with Crippen LogP contribution in [0.15, 0.2) is 48.6 Å². The monoisotopic (exact) mass is 644 g/mol. The Morgan fingerprint density at radius 1 is 1.00 bits per heavy atom. The van der Waals surface area contributed by atoms with Crippen LogP contribution in [0, 0.1) is 0 Å². The highest BCUT2D eigenvalue weighted by Crippen LogP contribution is 2.22. The number of carboxylic acid groups (broad SMARTS) is 2. The number of rotatable bonds is 25. The maximum absolute atomic E-state index is 12.7. The minimum Gasteiger partial charge on any atom is -0.480 e. The molecule has 0 aliphatic carbocycles. The van der Waals surface area contributed by atoms with Crippen molar-refractivity contribution in [2.24, 2.45) is 5.73 Å². The molecule has 13 heteroatoms. The van der Waals surface area contributed by atoms with E-state index in [1.165, 1.54) is 7.11 Å². The van der Waals surface area contributed by atoms with E-state index in [0.717, 1.165) is 11.8 Å². The van der Waals surface area contributed by atoms with Gasteiger partial charge in [-0.1, -0.05) is 68.3 Å². The Hall–Kier alpha value is -3.42. The molecule has 0 aromatic heterocycles. The van der Waals surface area contributed by atoms with Gasteiger partial charge < -0.3 is 36.4 Å². The fraction of sp³-hybridized carbons (Fsp3) is 0.581. The first kappa shape index (κ1) is 32.0. The minimum atomic E-state index is -2.65. The third kappa shape index (κ3) is 22.2. The van der Waals surface area contributed by atoms with E-state index in [0.29, 0.717) is 25.7 Å². The fourth-order valence-electron chi connectivity index (χ4n) is 3.43. The minimum absolute atomic E-state index is 0.0605. The predicted molar refractivity (Wildman–Crippen MR) is 171 cm³/mol. The Labute approximate surface area is 271 Å². The van der Waals surface area contributed by atoms with Crippen molar-refractivity contribution in [1.29, 1.82) is 0 Å². The number of amides is 2. The number of esters is 1. The number of ether oxygens (including phenoxy) is 1. The van der Waals surface area contributed by atoms with Crippen molar-refractivity contribution in [3.8, 4) is 0 Å². The Morgan fingerprint density at radius 3 is 2.43 bits per heavy atom. The summed E-state index contributed by atoms with van der Waals surface area (Å²) in [6.45, 7) is -3.35. The maximum atomic E-state index is 12.7. The summed E-state index contributed by atoms with van der Waals surface area (Å²) >= 11 is 1.11. The molecule has 0 aromatic carbocycles. The Morgan fingerprint density at radius 2 is 1.75 bits per heavy atom. The van der Waals surface area contributed by atoms with Crippen LogP contribution in [0.5, 0.6) is 0 Å². The van der Waals surface area contributed by atoms with E-state index in [2.05, 4.69) is 15.4 Å². The fourth-order valence-corrected chi connectivity index (χ4v) is 4.64. The molecule has 0 radical (unpaired) electrons. The van der Waals surface area contributed by atoms with Crippen LogP contribution in [0.4, 0.5) is 0 Å². The van der Waals surface area contributed by atoms with Gasteiger partial charge in [0.05, 0.1) is 13.2 Å². The number of hydrogen-bond acceptors (Lipinski definition) is 9. The van der Waals surface area contributed by atoms with E-state index in [-0.39, 0.29) is 37.9 Å². The van der Waals surface area contributed by atoms with Crippen LogP contribution >= 0.6 is 11.8 Å². The molecule has 4 atom stereocenters. The van der Waals surface area contributed by atoms with Gasteiger partial charge in [-0.3, -0.25) is 24.0 Å². The summed E-state index contributed by atoms with van der Waals surface area (Å²) in [5.74, 6) is -4.56. The lowest BCUT2D eigenvalue weighted by molar-refractivity contribution is -0.141. The van der Waals surface area contributed by atoms with Gasteiger partial charge in [0, 0.05) is 30.7 Å². The van der Waals surface area contributed by atoms with E-state index in [9.17, 15) is 29.1 Å². The molecule has 12 nitrogen and oxygen atoms in total. The highest BCUT2D eigenvalue weighted by atomic mass is 32.2. The lowest BCUT2D eigenvalue weighted by Crippen LogP contribution is -2.50. The number of carbonyl (C=O) groups excluding carboxylic acids is 3. The lowest BCUT2D eigenvalue weighted by Gasteiger charge is -2.23. The van der Waals surface area contributed by atoms with E-state index in [4.69, 9.17) is 22.8 Å². The summed E-state index contributed by atoms with van der Waals surface area (Å²) < 4.78 is 41.5. The zero-order valence-corrected chi connectivity index (χ0v) is 25.8. The van der Waals surface area contributed by atoms with Crippen molar-refractivity contribution in [2.75, 3.05) is 19.4 Å². The first-order valence-electron chi connectivity index (χ1n) is 16.7. The van der Waals surface area contributed by atoms with Gasteiger partial charge in [0.2, 0.25) is 11.8 Å². The predicted octanol–water partition coefficient (Wildman–Crippen LogP) is 2.87. The summed E-state index contributed by atoms with van der Waals surface area (Å²) in [6.07, 6.45) is 12.6. The van der Waals surface area contributed by atoms with Crippen LogP contribution in [0.1, 0.15) is 77.9 Å². The normalized spacial score (nSPS) is 16.8. The second-order valence-corrected chi connectivity index (χ2v) is 10.7. The van der Waals surface area contributed by atoms with Crippen LogP contribution in [-0.2, 0) is 28.7 Å². The zero-order chi connectivity index (χ0) is 37.5. The average Bonchev–Trinajstić information content (AvgIpc) is 3.02. The number of nitrogens with two attached hydrogens (primary N) is 1. The highest BCUT2D eigenvalue weighted by molar-refractivity contribution is 8.00. The van der Waals surface area contributed by atoms with Crippen LogP contribution in [0.3, 0.4) is 0 Å². The number of allylic oxidation sites excluding steroid dienone is 7. The van der Waals surface area contributed by atoms with Crippen LogP contribution < -0.4 is 16.4 Å². The number of aliphatic carboxylic acids is 2. The van der Waals surface area contributed by atoms with Crippen molar-refractivity contribution in [3.05, 3.63) is 48.6 Å². The van der Waals surface area contributed by atoms with Crippen molar-refractivity contribution in [1.82, 2.24) is 10.6 Å². The van der Waals surface area contributed by atoms with E-state index in [1.807, 2.05) is 18.2 Å². The highest BCUT2D eigenvalue weighted by Gasteiger charge is 2.25. The molecule has 7 N–H and O–H groups in total. The molecule has 248 valence electrons. The van der Waals surface area contributed by atoms with Gasteiger partial charge in [-0.2, -0.15) is 0 Å². The van der Waals surface area contributed by atoms with Crippen LogP contribution in [0.25, 0.3) is 0 Å². The molecule has 0 aromatic rings. The molecule has 2 amide bonds. The van der Waals surface area contributed by atoms with Crippen molar-refractivity contribution in [3.63, 3.8) is 0 Å². The zero-order valence-electron chi connectivity index (χ0n) is 30.0. The van der Waals surface area contributed by atoms with Gasteiger partial charge in [-0.05, 0) is 38.5 Å². The molecular formula is C31H49N3O9S. The van der Waals surface area contributed by atoms with Crippen LogP contribution in [-0.4, -0.2) is 87.9 Å². The van der Waals surface area contributed by atoms with E-state index >= 15 is 0 Å². The summed E-state index contributed by atoms with van der Waals surface area (Å²) in [4.78, 5) is 58.6. The molecule has 44 heavy (non-hydrogen) atoms. The smallest absolute Gasteiger partial charge is 0.322 e. The number of carboxylic acids is 2. The first-order valence-corrected chi connectivity index (χ1v) is 15.2. The van der Waals surface area contributed by atoms with E-state index < -0.39 is 72.9 Å². The lowest BCUT2D eigenvalue weighted by atomic mass is 10.1. The number of nitrogens with one attached hydrogen (secondary N) is 2. The molecule has 0 spiro atoms. The Bertz CT molecular complexity index is 1180. The largest absolute Gasteiger partial charge is 0.480 e. The molecule has 2 unspecified atom stereocenters. The second-order valence-electron chi connectivity index (χ2n) is 9.52. The standard InChI is InChI=1S/C31H49N3O9S/c1-3-4-5-6-7-8-9-10-11-12-13-14-17-26(25(35)16-15-18-29(39)43-2)44-22-24(30(40)33-21-28(37)38)34-27(36)20-19-23(32)31(41)42/h7-8,10-14,17,23-26,35H,3-6,9,15-16,18-22,32H2,1-2H3,(H,33,40)(H,34,36)(H,37,38)(H,41,42)/b8-7-,11-10-,13-12+,17-14+/t23?,24?,25-,26+/m0/s1/i1D3,3D2. The molecule has 0 fully saturated rings. The van der Waals surface area contributed by atoms with E-state index in [1.54, 1.807) is 30.4 Å². The number of methoxy groups -OCH3 is 1. The van der Waals surface area contributed by atoms with Crippen LogP contribution in [0.2, 0.25) is 0 Å². The average molecular weight is 645 g/mol. The molecule has 0 heterocycles. The van der Waals surface area contributed by atoms with Gasteiger partial charge in [0.25, 0.3) is 0 Å². The maximum Gasteiger partial charge on any atom is 0.322 e. The molecule has 0 bridgehead atoms. The number of carbonyl (C=O) groups is 5. The molecule has 0 rings (SSSR count). The number of hydrogen-bond donors (Lipinski definition) is 6. The van der Waals surface area contributed by atoms with Crippen molar-refractivity contribution in [2.45, 2.75) is 94.4 Å². The number of aliphatic hydroxyl groups excluding tert-OH is 1. The third-order valence-corrected chi connectivity index (χ3v) is 7.27. The third-order valence-electron chi connectivity index (χ3n) is 5.89. The van der Waals surface area contributed by atoms with Gasteiger partial charge in [0.15, 0.2) is 0 Å². The topological polar surface area (TPSA) is 205 Å². The molecular weight excluding hydrogens is 590 g/mol. The molecule has 0 aliphatic heterocycles. The first-order chi connectivity index (χ1) is 22.9. The number of aliphatic hydroxyl groups is 1. The Balaban J connectivity index is 5.39. The molecule has 0 aliphatic rings.